The molecular formula is C12H25NO2. The van der Waals surface area contributed by atoms with E-state index in [1.54, 1.807) is 0 Å². The van der Waals surface area contributed by atoms with Crippen molar-refractivity contribution in [3.8, 4) is 0 Å². The van der Waals surface area contributed by atoms with Crippen LogP contribution in [0.4, 0.5) is 0 Å². The van der Waals surface area contributed by atoms with Gasteiger partial charge in [-0.1, -0.05) is 0 Å². The topological polar surface area (TPSA) is 21.7 Å². The summed E-state index contributed by atoms with van der Waals surface area (Å²) in [5.74, 6) is 0. The zero-order chi connectivity index (χ0) is 11.5. The molecule has 0 radical (unpaired) electrons. The van der Waals surface area contributed by atoms with Gasteiger partial charge in [-0.25, -0.2) is 0 Å². The summed E-state index contributed by atoms with van der Waals surface area (Å²) in [6.07, 6.45) is 0.300. The summed E-state index contributed by atoms with van der Waals surface area (Å²) in [5, 5.41) is 0. The second kappa shape index (κ2) is 5.28. The van der Waals surface area contributed by atoms with E-state index in [9.17, 15) is 0 Å². The molecule has 0 saturated carbocycles. The Morgan fingerprint density at radius 3 is 2.60 bits per heavy atom. The molecular weight excluding hydrogens is 190 g/mol. The lowest BCUT2D eigenvalue weighted by molar-refractivity contribution is -0.0849. The number of ether oxygens (including phenoxy) is 2. The van der Waals surface area contributed by atoms with E-state index in [4.69, 9.17) is 9.47 Å². The lowest BCUT2D eigenvalue weighted by atomic mass is 10.0. The average Bonchev–Trinajstić information content (AvgIpc) is 2.13. The SMILES string of the molecule is CC(C)OC[C@@H]1COCCN1C(C)(C)C. The maximum atomic E-state index is 5.69. The quantitative estimate of drug-likeness (QED) is 0.718. The molecule has 0 aliphatic carbocycles. The first-order valence-electron chi connectivity index (χ1n) is 5.87. The van der Waals surface area contributed by atoms with Gasteiger partial charge in [-0.05, 0) is 34.6 Å². The fourth-order valence-electron chi connectivity index (χ4n) is 1.98. The Morgan fingerprint density at radius 1 is 1.40 bits per heavy atom. The summed E-state index contributed by atoms with van der Waals surface area (Å²) in [7, 11) is 0. The Bertz CT molecular complexity index is 187. The third-order valence-corrected chi connectivity index (χ3v) is 2.71. The van der Waals surface area contributed by atoms with Crippen LogP contribution in [0.25, 0.3) is 0 Å². The Labute approximate surface area is 93.7 Å². The van der Waals surface area contributed by atoms with Crippen LogP contribution in [-0.4, -0.2) is 49.0 Å². The Morgan fingerprint density at radius 2 is 2.07 bits per heavy atom. The van der Waals surface area contributed by atoms with Crippen LogP contribution < -0.4 is 0 Å². The van der Waals surface area contributed by atoms with Crippen LogP contribution in [0.5, 0.6) is 0 Å². The van der Waals surface area contributed by atoms with Gasteiger partial charge in [-0.15, -0.1) is 0 Å². The van der Waals surface area contributed by atoms with Crippen molar-refractivity contribution >= 4 is 0 Å². The van der Waals surface area contributed by atoms with Crippen molar-refractivity contribution < 1.29 is 9.47 Å². The smallest absolute Gasteiger partial charge is 0.0648 e. The minimum absolute atomic E-state index is 0.203. The molecule has 90 valence electrons. The predicted molar refractivity (Wildman–Crippen MR) is 62.2 cm³/mol. The van der Waals surface area contributed by atoms with Crippen LogP contribution in [0, 0.1) is 0 Å². The average molecular weight is 215 g/mol. The number of morpholine rings is 1. The molecule has 0 aromatic heterocycles. The first-order valence-corrected chi connectivity index (χ1v) is 5.87. The van der Waals surface area contributed by atoms with Crippen LogP contribution in [0.1, 0.15) is 34.6 Å². The molecule has 0 spiro atoms. The minimum Gasteiger partial charge on any atom is -0.378 e. The minimum atomic E-state index is 0.203. The largest absolute Gasteiger partial charge is 0.378 e. The maximum Gasteiger partial charge on any atom is 0.0648 e. The standard InChI is InChI=1S/C12H25NO2/c1-10(2)15-9-11-8-14-7-6-13(11)12(3,4)5/h10-11H,6-9H2,1-5H3/t11-/m0/s1. The summed E-state index contributed by atoms with van der Waals surface area (Å²) in [4.78, 5) is 2.48. The summed E-state index contributed by atoms with van der Waals surface area (Å²) in [6, 6.07) is 0.404. The monoisotopic (exact) mass is 215 g/mol. The van der Waals surface area contributed by atoms with E-state index < -0.39 is 0 Å². The van der Waals surface area contributed by atoms with Crippen molar-refractivity contribution in [3.05, 3.63) is 0 Å². The number of nitrogens with zero attached hydrogens (tertiary/aromatic N) is 1. The van der Waals surface area contributed by atoms with Crippen molar-refractivity contribution in [1.29, 1.82) is 0 Å². The second-order valence-electron chi connectivity index (χ2n) is 5.48. The van der Waals surface area contributed by atoms with Gasteiger partial charge in [0.1, 0.15) is 0 Å². The molecule has 15 heavy (non-hydrogen) atoms. The van der Waals surface area contributed by atoms with Gasteiger partial charge in [0.2, 0.25) is 0 Å². The highest BCUT2D eigenvalue weighted by atomic mass is 16.5. The van der Waals surface area contributed by atoms with Gasteiger partial charge in [0.15, 0.2) is 0 Å². The van der Waals surface area contributed by atoms with Gasteiger partial charge in [-0.2, -0.15) is 0 Å². The van der Waals surface area contributed by atoms with Crippen molar-refractivity contribution in [3.63, 3.8) is 0 Å². The van der Waals surface area contributed by atoms with E-state index in [-0.39, 0.29) is 5.54 Å². The second-order valence-corrected chi connectivity index (χ2v) is 5.48. The summed E-state index contributed by atoms with van der Waals surface area (Å²) in [5.41, 5.74) is 0.203. The van der Waals surface area contributed by atoms with Crippen LogP contribution in [-0.2, 0) is 9.47 Å². The third kappa shape index (κ3) is 4.09. The molecule has 1 heterocycles. The molecule has 1 atom stereocenters. The zero-order valence-electron chi connectivity index (χ0n) is 10.7. The number of hydrogen-bond donors (Lipinski definition) is 0. The lowest BCUT2D eigenvalue weighted by Crippen LogP contribution is -2.56. The molecule has 1 aliphatic heterocycles. The molecule has 0 amide bonds. The number of rotatable bonds is 3. The fraction of sp³-hybridized carbons (Fsp3) is 1.00. The number of hydrogen-bond acceptors (Lipinski definition) is 3. The van der Waals surface area contributed by atoms with Gasteiger partial charge in [0, 0.05) is 12.1 Å². The lowest BCUT2D eigenvalue weighted by Gasteiger charge is -2.44. The summed E-state index contributed by atoms with van der Waals surface area (Å²) in [6.45, 7) is 14.3. The van der Waals surface area contributed by atoms with E-state index in [0.717, 1.165) is 26.4 Å². The van der Waals surface area contributed by atoms with Gasteiger partial charge < -0.3 is 9.47 Å². The van der Waals surface area contributed by atoms with Crippen molar-refractivity contribution in [1.82, 2.24) is 4.90 Å². The molecule has 0 N–H and O–H groups in total. The van der Waals surface area contributed by atoms with Crippen LogP contribution in [0.3, 0.4) is 0 Å². The molecule has 0 aromatic carbocycles. The molecule has 3 nitrogen and oxygen atoms in total. The van der Waals surface area contributed by atoms with Crippen molar-refractivity contribution in [2.24, 2.45) is 0 Å². The van der Waals surface area contributed by atoms with Gasteiger partial charge in [0.25, 0.3) is 0 Å². The van der Waals surface area contributed by atoms with Crippen LogP contribution in [0.2, 0.25) is 0 Å². The van der Waals surface area contributed by atoms with Gasteiger partial charge >= 0.3 is 0 Å². The first kappa shape index (κ1) is 12.9. The van der Waals surface area contributed by atoms with Crippen molar-refractivity contribution in [2.75, 3.05) is 26.4 Å². The van der Waals surface area contributed by atoms with E-state index in [0.29, 0.717) is 12.1 Å². The normalized spacial score (nSPS) is 24.8. The Kier molecular flexibility index (Phi) is 4.56. The Balaban J connectivity index is 2.50. The Hall–Kier alpha value is -0.120. The molecule has 0 unspecified atom stereocenters. The molecule has 1 rings (SSSR count). The van der Waals surface area contributed by atoms with Crippen LogP contribution in [0.15, 0.2) is 0 Å². The van der Waals surface area contributed by atoms with Gasteiger partial charge in [0.05, 0.1) is 32.0 Å². The molecule has 0 bridgehead atoms. The highest BCUT2D eigenvalue weighted by molar-refractivity contribution is 4.85. The zero-order valence-corrected chi connectivity index (χ0v) is 10.7. The highest BCUT2D eigenvalue weighted by Gasteiger charge is 2.31. The maximum absolute atomic E-state index is 5.69. The fourth-order valence-corrected chi connectivity index (χ4v) is 1.98. The summed E-state index contributed by atoms with van der Waals surface area (Å²) < 4.78 is 11.2. The van der Waals surface area contributed by atoms with Crippen LogP contribution >= 0.6 is 0 Å². The first-order chi connectivity index (χ1) is 6.91. The van der Waals surface area contributed by atoms with E-state index >= 15 is 0 Å². The van der Waals surface area contributed by atoms with E-state index in [2.05, 4.69) is 39.5 Å². The molecule has 3 heteroatoms. The molecule has 1 fully saturated rings. The molecule has 1 aliphatic rings. The predicted octanol–water partition coefficient (Wildman–Crippen LogP) is 1.91. The van der Waals surface area contributed by atoms with E-state index in [1.165, 1.54) is 0 Å². The summed E-state index contributed by atoms with van der Waals surface area (Å²) >= 11 is 0. The highest BCUT2D eigenvalue weighted by Crippen LogP contribution is 2.20. The van der Waals surface area contributed by atoms with Crippen molar-refractivity contribution in [2.45, 2.75) is 52.3 Å². The van der Waals surface area contributed by atoms with Gasteiger partial charge in [-0.3, -0.25) is 4.90 Å². The molecule has 0 aromatic rings. The van der Waals surface area contributed by atoms with E-state index in [1.807, 2.05) is 0 Å². The third-order valence-electron chi connectivity index (χ3n) is 2.71. The molecule has 1 saturated heterocycles.